The van der Waals surface area contributed by atoms with Crippen LogP contribution in [-0.4, -0.2) is 21.9 Å². The van der Waals surface area contributed by atoms with Gasteiger partial charge in [0, 0.05) is 6.07 Å². The number of thioether (sulfide) groups is 1. The Morgan fingerprint density at radius 2 is 2.13 bits per heavy atom. The monoisotopic (exact) mass is 337 g/mol. The summed E-state index contributed by atoms with van der Waals surface area (Å²) >= 11 is 0.984. The fourth-order valence-corrected chi connectivity index (χ4v) is 2.24. The van der Waals surface area contributed by atoms with E-state index in [2.05, 4.69) is 15.5 Å². The van der Waals surface area contributed by atoms with Crippen molar-refractivity contribution in [3.05, 3.63) is 48.2 Å². The normalized spacial score (nSPS) is 10.7. The molecule has 0 radical (unpaired) electrons. The molecule has 1 N–H and O–H groups in total. The third-order valence-corrected chi connectivity index (χ3v) is 3.49. The number of hydrogen-bond donors (Lipinski definition) is 1. The van der Waals surface area contributed by atoms with Crippen molar-refractivity contribution in [1.82, 2.24) is 10.2 Å². The van der Waals surface area contributed by atoms with Gasteiger partial charge in [0.05, 0.1) is 17.7 Å². The van der Waals surface area contributed by atoms with Crippen LogP contribution in [0.1, 0.15) is 0 Å². The van der Waals surface area contributed by atoms with Gasteiger partial charge in [0.25, 0.3) is 11.1 Å². The molecule has 0 fully saturated rings. The Morgan fingerprint density at radius 3 is 2.87 bits per heavy atom. The van der Waals surface area contributed by atoms with Crippen LogP contribution in [0.2, 0.25) is 0 Å². The first-order valence-electron chi connectivity index (χ1n) is 6.37. The second kappa shape index (κ2) is 6.61. The molecule has 0 saturated heterocycles. The fraction of sp³-hybridized carbons (Fsp3) is 0.0714. The number of nitrogens with zero attached hydrogens (tertiary/aromatic N) is 2. The minimum Gasteiger partial charge on any atom is -0.459 e. The van der Waals surface area contributed by atoms with Gasteiger partial charge in [-0.05, 0) is 24.3 Å². The van der Waals surface area contributed by atoms with Crippen molar-refractivity contribution in [3.8, 4) is 11.7 Å². The van der Waals surface area contributed by atoms with Gasteiger partial charge in [-0.1, -0.05) is 11.8 Å². The smallest absolute Gasteiger partial charge is 0.284 e. The summed E-state index contributed by atoms with van der Waals surface area (Å²) in [5, 5.41) is 10.0. The topological polar surface area (TPSA) is 81.2 Å². The lowest BCUT2D eigenvalue weighted by atomic mass is 10.3. The molecule has 2 aromatic heterocycles. The summed E-state index contributed by atoms with van der Waals surface area (Å²) in [4.78, 5) is 11.8. The van der Waals surface area contributed by atoms with Gasteiger partial charge in [0.1, 0.15) is 11.6 Å². The molecule has 0 atom stereocenters. The standard InChI is InChI=1S/C14H9F2N3O3S/c15-8-3-4-10(9(16)6-8)17-12(20)7-23-14-19-18-13(22-14)11-2-1-5-21-11/h1-6H,7H2,(H,17,20). The van der Waals surface area contributed by atoms with Crippen LogP contribution in [0.5, 0.6) is 0 Å². The number of benzene rings is 1. The Balaban J connectivity index is 1.57. The first-order valence-corrected chi connectivity index (χ1v) is 7.35. The molecule has 0 spiro atoms. The van der Waals surface area contributed by atoms with E-state index in [1.807, 2.05) is 0 Å². The molecule has 3 rings (SSSR count). The number of aromatic nitrogens is 2. The van der Waals surface area contributed by atoms with Crippen LogP contribution in [-0.2, 0) is 4.79 Å². The summed E-state index contributed by atoms with van der Waals surface area (Å²) in [6.07, 6.45) is 1.47. The van der Waals surface area contributed by atoms with Crippen molar-refractivity contribution in [3.63, 3.8) is 0 Å². The molecule has 9 heteroatoms. The number of carbonyl (C=O) groups excluding carboxylic acids is 1. The van der Waals surface area contributed by atoms with Crippen molar-refractivity contribution < 1.29 is 22.4 Å². The Morgan fingerprint density at radius 1 is 1.26 bits per heavy atom. The molecule has 0 unspecified atom stereocenters. The van der Waals surface area contributed by atoms with Gasteiger partial charge in [-0.15, -0.1) is 10.2 Å². The number of furan rings is 1. The fourth-order valence-electron chi connectivity index (χ4n) is 1.67. The molecule has 0 saturated carbocycles. The molecule has 0 aliphatic rings. The molecule has 23 heavy (non-hydrogen) atoms. The highest BCUT2D eigenvalue weighted by Crippen LogP contribution is 2.23. The first kappa shape index (κ1) is 15.2. The Bertz CT molecular complexity index is 821. The predicted molar refractivity (Wildman–Crippen MR) is 77.7 cm³/mol. The number of hydrogen-bond acceptors (Lipinski definition) is 6. The van der Waals surface area contributed by atoms with Gasteiger partial charge in [0.2, 0.25) is 5.91 Å². The second-order valence-corrected chi connectivity index (χ2v) is 5.24. The minimum absolute atomic E-state index is 0.0728. The quantitative estimate of drug-likeness (QED) is 0.719. The number of carbonyl (C=O) groups is 1. The number of rotatable bonds is 5. The molecule has 6 nitrogen and oxygen atoms in total. The van der Waals surface area contributed by atoms with Crippen LogP contribution in [0.15, 0.2) is 50.7 Å². The SMILES string of the molecule is O=C(CSc1nnc(-c2ccco2)o1)Nc1ccc(F)cc1F. The van der Waals surface area contributed by atoms with Crippen LogP contribution in [0, 0.1) is 11.6 Å². The van der Waals surface area contributed by atoms with E-state index in [4.69, 9.17) is 8.83 Å². The van der Waals surface area contributed by atoms with Crippen molar-refractivity contribution in [2.45, 2.75) is 5.22 Å². The van der Waals surface area contributed by atoms with E-state index < -0.39 is 17.5 Å². The lowest BCUT2D eigenvalue weighted by molar-refractivity contribution is -0.113. The molecule has 1 amide bonds. The van der Waals surface area contributed by atoms with E-state index in [0.29, 0.717) is 11.8 Å². The zero-order valence-corrected chi connectivity index (χ0v) is 12.3. The van der Waals surface area contributed by atoms with Crippen LogP contribution in [0.25, 0.3) is 11.7 Å². The molecular weight excluding hydrogens is 328 g/mol. The van der Waals surface area contributed by atoms with Gasteiger partial charge in [-0.3, -0.25) is 4.79 Å². The molecule has 3 aromatic rings. The van der Waals surface area contributed by atoms with E-state index in [1.54, 1.807) is 12.1 Å². The largest absolute Gasteiger partial charge is 0.459 e. The zero-order valence-electron chi connectivity index (χ0n) is 11.5. The van der Waals surface area contributed by atoms with Crippen LogP contribution in [0.3, 0.4) is 0 Å². The Hall–Kier alpha value is -2.68. The highest BCUT2D eigenvalue weighted by molar-refractivity contribution is 7.99. The Labute approximate surface area is 132 Å². The molecule has 118 valence electrons. The number of amides is 1. The third-order valence-electron chi connectivity index (χ3n) is 2.67. The molecule has 1 aromatic carbocycles. The van der Waals surface area contributed by atoms with Gasteiger partial charge in [0.15, 0.2) is 5.76 Å². The Kier molecular flexibility index (Phi) is 4.38. The maximum absolute atomic E-state index is 13.4. The highest BCUT2D eigenvalue weighted by atomic mass is 32.2. The molecule has 0 aliphatic heterocycles. The summed E-state index contributed by atoms with van der Waals surface area (Å²) in [7, 11) is 0. The van der Waals surface area contributed by atoms with E-state index >= 15 is 0 Å². The molecule has 2 heterocycles. The molecular formula is C14H9F2N3O3S. The van der Waals surface area contributed by atoms with Crippen LogP contribution >= 0.6 is 11.8 Å². The van der Waals surface area contributed by atoms with E-state index in [-0.39, 0.29) is 22.6 Å². The summed E-state index contributed by atoms with van der Waals surface area (Å²) in [5.41, 5.74) is -0.0983. The van der Waals surface area contributed by atoms with Crippen LogP contribution < -0.4 is 5.32 Å². The molecule has 0 bridgehead atoms. The van der Waals surface area contributed by atoms with E-state index in [0.717, 1.165) is 23.9 Å². The minimum atomic E-state index is -0.846. The number of anilines is 1. The molecule has 0 aliphatic carbocycles. The maximum atomic E-state index is 13.4. The van der Waals surface area contributed by atoms with Crippen molar-refractivity contribution in [2.24, 2.45) is 0 Å². The lowest BCUT2D eigenvalue weighted by Crippen LogP contribution is -2.15. The van der Waals surface area contributed by atoms with Gasteiger partial charge >= 0.3 is 0 Å². The maximum Gasteiger partial charge on any atom is 0.284 e. The third kappa shape index (κ3) is 3.75. The average Bonchev–Trinajstić information content (AvgIpc) is 3.18. The first-order chi connectivity index (χ1) is 11.1. The summed E-state index contributed by atoms with van der Waals surface area (Å²) in [6, 6.07) is 6.23. The van der Waals surface area contributed by atoms with Crippen molar-refractivity contribution in [1.29, 1.82) is 0 Å². The average molecular weight is 337 g/mol. The van der Waals surface area contributed by atoms with Crippen molar-refractivity contribution >= 4 is 23.4 Å². The second-order valence-electron chi connectivity index (χ2n) is 4.31. The van der Waals surface area contributed by atoms with E-state index in [9.17, 15) is 13.6 Å². The van der Waals surface area contributed by atoms with Crippen molar-refractivity contribution in [2.75, 3.05) is 11.1 Å². The zero-order chi connectivity index (χ0) is 16.2. The van der Waals surface area contributed by atoms with E-state index in [1.165, 1.54) is 6.26 Å². The van der Waals surface area contributed by atoms with Crippen LogP contribution in [0.4, 0.5) is 14.5 Å². The summed E-state index contributed by atoms with van der Waals surface area (Å²) in [6.45, 7) is 0. The highest BCUT2D eigenvalue weighted by Gasteiger charge is 2.14. The number of halogens is 2. The predicted octanol–water partition coefficient (Wildman–Crippen LogP) is 3.34. The summed E-state index contributed by atoms with van der Waals surface area (Å²) in [5.74, 6) is -1.51. The van der Waals surface area contributed by atoms with Gasteiger partial charge < -0.3 is 14.2 Å². The summed E-state index contributed by atoms with van der Waals surface area (Å²) < 4.78 is 36.6. The lowest BCUT2D eigenvalue weighted by Gasteiger charge is -2.05. The number of nitrogens with one attached hydrogen (secondary N) is 1. The van der Waals surface area contributed by atoms with Gasteiger partial charge in [-0.2, -0.15) is 0 Å². The van der Waals surface area contributed by atoms with Gasteiger partial charge in [-0.25, -0.2) is 8.78 Å².